The van der Waals surface area contributed by atoms with E-state index in [0.29, 0.717) is 22.3 Å². The Hall–Kier alpha value is -2.80. The number of amides is 1. The van der Waals surface area contributed by atoms with Gasteiger partial charge in [-0.2, -0.15) is 0 Å². The van der Waals surface area contributed by atoms with Gasteiger partial charge < -0.3 is 10.1 Å². The van der Waals surface area contributed by atoms with Crippen LogP contribution < -0.4 is 10.1 Å². The maximum atomic E-state index is 13.5. The molecule has 134 valence electrons. The topological polar surface area (TPSA) is 56.1 Å². The normalized spacial score (nSPS) is 11.8. The van der Waals surface area contributed by atoms with Crippen LogP contribution in [0, 0.1) is 5.82 Å². The summed E-state index contributed by atoms with van der Waals surface area (Å²) in [5.74, 6) is 0.0988. The minimum Gasteiger partial charge on any atom is -0.495 e. The number of carbonyl (C=O) groups excluding carboxylic acids is 1. The Labute approximate surface area is 155 Å². The Morgan fingerprint density at radius 1 is 1.27 bits per heavy atom. The van der Waals surface area contributed by atoms with Gasteiger partial charge in [-0.1, -0.05) is 30.0 Å². The number of hydrogen-bond acceptors (Lipinski definition) is 4. The Morgan fingerprint density at radius 2 is 2.08 bits per heavy atom. The lowest BCUT2D eigenvalue weighted by atomic mass is 10.3. The van der Waals surface area contributed by atoms with E-state index in [1.54, 1.807) is 55.3 Å². The fourth-order valence-electron chi connectivity index (χ4n) is 2.39. The van der Waals surface area contributed by atoms with Crippen LogP contribution in [0.4, 0.5) is 10.1 Å². The van der Waals surface area contributed by atoms with E-state index >= 15 is 0 Å². The molecule has 1 heterocycles. The van der Waals surface area contributed by atoms with Crippen molar-refractivity contribution in [2.45, 2.75) is 17.3 Å². The molecule has 3 rings (SSSR count). The zero-order valence-electron chi connectivity index (χ0n) is 14.3. The quantitative estimate of drug-likeness (QED) is 0.662. The molecule has 1 unspecified atom stereocenters. The van der Waals surface area contributed by atoms with Crippen molar-refractivity contribution >= 4 is 23.4 Å². The molecule has 7 heteroatoms. The first-order valence-electron chi connectivity index (χ1n) is 7.98. The van der Waals surface area contributed by atoms with Gasteiger partial charge >= 0.3 is 0 Å². The molecule has 0 spiro atoms. The molecule has 0 saturated heterocycles. The molecule has 0 bridgehead atoms. The Kier molecular flexibility index (Phi) is 5.58. The van der Waals surface area contributed by atoms with Crippen LogP contribution >= 0.6 is 11.8 Å². The molecule has 0 aliphatic carbocycles. The summed E-state index contributed by atoms with van der Waals surface area (Å²) in [4.78, 5) is 16.8. The van der Waals surface area contributed by atoms with Crippen LogP contribution in [0.1, 0.15) is 6.92 Å². The smallest absolute Gasteiger partial charge is 0.237 e. The summed E-state index contributed by atoms with van der Waals surface area (Å²) < 4.78 is 20.5. The molecule has 0 aliphatic rings. The fraction of sp³-hybridized carbons (Fsp3) is 0.158. The van der Waals surface area contributed by atoms with Gasteiger partial charge in [0.25, 0.3) is 0 Å². The van der Waals surface area contributed by atoms with Gasteiger partial charge in [-0.3, -0.25) is 9.36 Å². The highest BCUT2D eigenvalue weighted by molar-refractivity contribution is 8.00. The van der Waals surface area contributed by atoms with E-state index in [-0.39, 0.29) is 11.7 Å². The molecule has 1 atom stereocenters. The molecule has 0 fully saturated rings. The van der Waals surface area contributed by atoms with Gasteiger partial charge in [0.2, 0.25) is 5.91 Å². The highest BCUT2D eigenvalue weighted by Gasteiger charge is 2.19. The Bertz CT molecular complexity index is 913. The van der Waals surface area contributed by atoms with Gasteiger partial charge in [0.05, 0.1) is 23.7 Å². The van der Waals surface area contributed by atoms with E-state index in [9.17, 15) is 9.18 Å². The van der Waals surface area contributed by atoms with Gasteiger partial charge in [-0.25, -0.2) is 9.37 Å². The zero-order valence-corrected chi connectivity index (χ0v) is 15.2. The van der Waals surface area contributed by atoms with E-state index in [1.165, 1.54) is 23.9 Å². The summed E-state index contributed by atoms with van der Waals surface area (Å²) >= 11 is 1.29. The van der Waals surface area contributed by atoms with E-state index in [1.807, 2.05) is 12.1 Å². The predicted molar refractivity (Wildman–Crippen MR) is 100 cm³/mol. The number of anilines is 1. The van der Waals surface area contributed by atoms with Gasteiger partial charge in [0, 0.05) is 12.4 Å². The summed E-state index contributed by atoms with van der Waals surface area (Å²) in [5, 5.41) is 3.06. The second kappa shape index (κ2) is 8.05. The number of imidazole rings is 1. The van der Waals surface area contributed by atoms with E-state index in [0.717, 1.165) is 0 Å². The van der Waals surface area contributed by atoms with Crippen molar-refractivity contribution in [3.8, 4) is 11.4 Å². The van der Waals surface area contributed by atoms with Crippen LogP contribution in [0.3, 0.4) is 0 Å². The fourth-order valence-corrected chi connectivity index (χ4v) is 3.28. The highest BCUT2D eigenvalue weighted by atomic mass is 32.2. The average molecular weight is 371 g/mol. The number of para-hydroxylation sites is 2. The molecule has 1 aromatic heterocycles. The molecular weight excluding hydrogens is 353 g/mol. The van der Waals surface area contributed by atoms with Crippen LogP contribution in [-0.2, 0) is 4.79 Å². The second-order valence-electron chi connectivity index (χ2n) is 5.51. The van der Waals surface area contributed by atoms with Crippen molar-refractivity contribution in [3.05, 3.63) is 66.7 Å². The summed E-state index contributed by atoms with van der Waals surface area (Å²) in [6.45, 7) is 1.79. The first kappa shape index (κ1) is 18.0. The van der Waals surface area contributed by atoms with E-state index in [4.69, 9.17) is 4.74 Å². The summed E-state index contributed by atoms with van der Waals surface area (Å²) in [6.07, 6.45) is 3.36. The van der Waals surface area contributed by atoms with Crippen LogP contribution in [-0.4, -0.2) is 27.8 Å². The number of ether oxygens (including phenoxy) is 1. The third kappa shape index (κ3) is 4.05. The second-order valence-corrected chi connectivity index (χ2v) is 6.82. The van der Waals surface area contributed by atoms with Crippen LogP contribution in [0.25, 0.3) is 5.69 Å². The Balaban J connectivity index is 1.73. The number of methoxy groups -OCH3 is 1. The first-order chi connectivity index (χ1) is 12.6. The van der Waals surface area contributed by atoms with Crippen molar-refractivity contribution in [2.75, 3.05) is 12.4 Å². The number of rotatable bonds is 6. The summed E-state index contributed by atoms with van der Waals surface area (Å²) in [6, 6.07) is 13.5. The molecule has 26 heavy (non-hydrogen) atoms. The van der Waals surface area contributed by atoms with E-state index in [2.05, 4.69) is 10.3 Å². The number of hydrogen-bond donors (Lipinski definition) is 1. The molecule has 0 aliphatic heterocycles. The van der Waals surface area contributed by atoms with Crippen LogP contribution in [0.15, 0.2) is 66.1 Å². The number of halogens is 1. The molecule has 3 aromatic rings. The molecule has 2 aromatic carbocycles. The lowest BCUT2D eigenvalue weighted by molar-refractivity contribution is -0.115. The van der Waals surface area contributed by atoms with E-state index < -0.39 is 5.25 Å². The van der Waals surface area contributed by atoms with Crippen molar-refractivity contribution < 1.29 is 13.9 Å². The SMILES string of the molecule is COc1ccccc1NC(=O)C(C)Sc1nccn1-c1cccc(F)c1. The third-order valence-electron chi connectivity index (χ3n) is 3.71. The summed E-state index contributed by atoms with van der Waals surface area (Å²) in [7, 11) is 1.55. The molecule has 0 radical (unpaired) electrons. The number of nitrogens with one attached hydrogen (secondary N) is 1. The number of aromatic nitrogens is 2. The minimum atomic E-state index is -0.408. The van der Waals surface area contributed by atoms with Crippen molar-refractivity contribution in [3.63, 3.8) is 0 Å². The Morgan fingerprint density at radius 3 is 2.85 bits per heavy atom. The third-order valence-corrected chi connectivity index (χ3v) is 4.79. The van der Waals surface area contributed by atoms with Crippen molar-refractivity contribution in [1.82, 2.24) is 9.55 Å². The predicted octanol–water partition coefficient (Wildman–Crippen LogP) is 4.14. The number of nitrogens with zero attached hydrogens (tertiary/aromatic N) is 2. The maximum absolute atomic E-state index is 13.5. The number of thioether (sulfide) groups is 1. The molecule has 1 amide bonds. The average Bonchev–Trinajstić information content (AvgIpc) is 3.10. The largest absolute Gasteiger partial charge is 0.495 e. The molecular formula is C19H18FN3O2S. The molecule has 1 N–H and O–H groups in total. The lowest BCUT2D eigenvalue weighted by Gasteiger charge is -2.14. The van der Waals surface area contributed by atoms with Gasteiger partial charge in [0.1, 0.15) is 11.6 Å². The van der Waals surface area contributed by atoms with Crippen molar-refractivity contribution in [1.29, 1.82) is 0 Å². The highest BCUT2D eigenvalue weighted by Crippen LogP contribution is 2.28. The maximum Gasteiger partial charge on any atom is 0.237 e. The summed E-state index contributed by atoms with van der Waals surface area (Å²) in [5.41, 5.74) is 1.27. The van der Waals surface area contributed by atoms with Gasteiger partial charge in [-0.15, -0.1) is 0 Å². The standard InChI is InChI=1S/C19H18FN3O2S/c1-13(18(24)22-16-8-3-4-9-17(16)25-2)26-19-21-10-11-23(19)15-7-5-6-14(20)12-15/h3-13H,1-2H3,(H,22,24). The van der Waals surface area contributed by atoms with Gasteiger partial charge in [-0.05, 0) is 37.3 Å². The molecule has 5 nitrogen and oxygen atoms in total. The number of benzene rings is 2. The van der Waals surface area contributed by atoms with Gasteiger partial charge in [0.15, 0.2) is 5.16 Å². The van der Waals surface area contributed by atoms with Crippen LogP contribution in [0.5, 0.6) is 5.75 Å². The monoisotopic (exact) mass is 371 g/mol. The molecule has 0 saturated carbocycles. The number of carbonyl (C=O) groups is 1. The first-order valence-corrected chi connectivity index (χ1v) is 8.86. The van der Waals surface area contributed by atoms with Crippen molar-refractivity contribution in [2.24, 2.45) is 0 Å². The lowest BCUT2D eigenvalue weighted by Crippen LogP contribution is -2.23. The minimum absolute atomic E-state index is 0.173. The zero-order chi connectivity index (χ0) is 18.5. The van der Waals surface area contributed by atoms with Crippen LogP contribution in [0.2, 0.25) is 0 Å².